The highest BCUT2D eigenvalue weighted by Crippen LogP contribution is 2.18. The van der Waals surface area contributed by atoms with E-state index in [0.717, 1.165) is 5.57 Å². The Hall–Kier alpha value is -1.66. The Bertz CT molecular complexity index is 664. The molecule has 0 bridgehead atoms. The van der Waals surface area contributed by atoms with E-state index in [-0.39, 0.29) is 10.8 Å². The van der Waals surface area contributed by atoms with Crippen LogP contribution in [0.15, 0.2) is 41.3 Å². The van der Waals surface area contributed by atoms with Crippen molar-refractivity contribution in [2.24, 2.45) is 0 Å². The molecule has 128 valence electrons. The van der Waals surface area contributed by atoms with Gasteiger partial charge in [0, 0.05) is 31.7 Å². The molecule has 6 heteroatoms. The summed E-state index contributed by atoms with van der Waals surface area (Å²) in [6.45, 7) is 13.0. The number of hydrogen-bond donors (Lipinski definition) is 0. The molecule has 0 saturated heterocycles. The summed E-state index contributed by atoms with van der Waals surface area (Å²) < 4.78 is 26.5. The van der Waals surface area contributed by atoms with Crippen molar-refractivity contribution >= 4 is 15.9 Å². The lowest BCUT2D eigenvalue weighted by Crippen LogP contribution is -2.33. The van der Waals surface area contributed by atoms with Crippen LogP contribution in [-0.2, 0) is 10.0 Å². The predicted octanol–water partition coefficient (Wildman–Crippen LogP) is 2.76. The van der Waals surface area contributed by atoms with Crippen molar-refractivity contribution in [3.63, 3.8) is 0 Å². The number of likely N-dealkylation sites (N-methyl/N-ethyl adjacent to an activating group) is 1. The number of amides is 1. The van der Waals surface area contributed by atoms with Crippen LogP contribution < -0.4 is 0 Å². The van der Waals surface area contributed by atoms with Gasteiger partial charge in [0.2, 0.25) is 10.0 Å². The van der Waals surface area contributed by atoms with Gasteiger partial charge in [-0.3, -0.25) is 4.79 Å². The highest BCUT2D eigenvalue weighted by atomic mass is 32.2. The summed E-state index contributed by atoms with van der Waals surface area (Å²) in [5.74, 6) is -0.188. The van der Waals surface area contributed by atoms with Gasteiger partial charge >= 0.3 is 0 Å². The lowest BCUT2D eigenvalue weighted by atomic mass is 10.2. The van der Waals surface area contributed by atoms with Gasteiger partial charge in [0.05, 0.1) is 4.90 Å². The lowest BCUT2D eigenvalue weighted by Gasteiger charge is -2.22. The van der Waals surface area contributed by atoms with Crippen LogP contribution in [-0.4, -0.2) is 49.7 Å². The largest absolute Gasteiger partial charge is 0.335 e. The number of carbonyl (C=O) groups is 1. The first-order valence-corrected chi connectivity index (χ1v) is 9.25. The SMILES string of the molecule is C=C(C)CN(CC)C(=O)c1cccc(S(=O)(=O)N(CC)CC)c1. The Morgan fingerprint density at radius 1 is 1.13 bits per heavy atom. The zero-order chi connectivity index (χ0) is 17.6. The molecular weight excluding hydrogens is 312 g/mol. The van der Waals surface area contributed by atoms with Gasteiger partial charge < -0.3 is 4.90 Å². The Kier molecular flexibility index (Phi) is 6.97. The quantitative estimate of drug-likeness (QED) is 0.685. The molecule has 0 aliphatic heterocycles. The molecule has 0 radical (unpaired) electrons. The van der Waals surface area contributed by atoms with Gasteiger partial charge in [-0.2, -0.15) is 4.31 Å². The number of hydrogen-bond acceptors (Lipinski definition) is 3. The Labute approximate surface area is 139 Å². The van der Waals surface area contributed by atoms with Gasteiger partial charge in [0.25, 0.3) is 5.91 Å². The fraction of sp³-hybridized carbons (Fsp3) is 0.471. The predicted molar refractivity (Wildman–Crippen MR) is 92.9 cm³/mol. The van der Waals surface area contributed by atoms with E-state index in [2.05, 4.69) is 6.58 Å². The van der Waals surface area contributed by atoms with Gasteiger partial charge in [-0.05, 0) is 32.0 Å². The number of sulfonamides is 1. The van der Waals surface area contributed by atoms with Crippen LogP contribution in [0, 0.1) is 0 Å². The van der Waals surface area contributed by atoms with E-state index in [1.807, 2.05) is 13.8 Å². The first kappa shape index (κ1) is 19.4. The molecule has 1 amide bonds. The van der Waals surface area contributed by atoms with Gasteiger partial charge in [-0.15, -0.1) is 0 Å². The number of nitrogens with zero attached hydrogens (tertiary/aromatic N) is 2. The van der Waals surface area contributed by atoms with Gasteiger partial charge in [0.1, 0.15) is 0 Å². The fourth-order valence-electron chi connectivity index (χ4n) is 2.34. The summed E-state index contributed by atoms with van der Waals surface area (Å²) in [6, 6.07) is 6.24. The molecule has 0 saturated carbocycles. The van der Waals surface area contributed by atoms with Crippen LogP contribution in [0.1, 0.15) is 38.1 Å². The second-order valence-corrected chi connectivity index (χ2v) is 7.33. The summed E-state index contributed by atoms with van der Waals surface area (Å²) in [5.41, 5.74) is 1.26. The molecule has 5 nitrogen and oxygen atoms in total. The first-order valence-electron chi connectivity index (χ1n) is 7.81. The minimum Gasteiger partial charge on any atom is -0.335 e. The Morgan fingerprint density at radius 3 is 2.22 bits per heavy atom. The van der Waals surface area contributed by atoms with Crippen LogP contribution in [0.2, 0.25) is 0 Å². The lowest BCUT2D eigenvalue weighted by molar-refractivity contribution is 0.0778. The summed E-state index contributed by atoms with van der Waals surface area (Å²) in [4.78, 5) is 14.4. The number of carbonyl (C=O) groups excluding carboxylic acids is 1. The molecule has 0 aromatic heterocycles. The molecule has 1 aromatic rings. The van der Waals surface area contributed by atoms with E-state index < -0.39 is 10.0 Å². The number of rotatable bonds is 8. The molecule has 0 aliphatic carbocycles. The maximum atomic E-state index is 12.6. The third kappa shape index (κ3) is 4.65. The van der Waals surface area contributed by atoms with Crippen molar-refractivity contribution in [3.05, 3.63) is 42.0 Å². The van der Waals surface area contributed by atoms with Gasteiger partial charge in [-0.1, -0.05) is 32.1 Å². The zero-order valence-electron chi connectivity index (χ0n) is 14.4. The standard InChI is InChI=1S/C17H26N2O3S/c1-6-18(13-14(4)5)17(20)15-10-9-11-16(12-15)23(21,22)19(7-2)8-3/h9-12H,4,6-8,13H2,1-3,5H3. The molecular formula is C17H26N2O3S. The van der Waals surface area contributed by atoms with Gasteiger partial charge in [-0.25, -0.2) is 8.42 Å². The van der Waals surface area contributed by atoms with Crippen LogP contribution in [0.25, 0.3) is 0 Å². The molecule has 0 aliphatic rings. The summed E-state index contributed by atoms with van der Waals surface area (Å²) >= 11 is 0. The van der Waals surface area contributed by atoms with E-state index in [4.69, 9.17) is 0 Å². The van der Waals surface area contributed by atoms with E-state index >= 15 is 0 Å². The first-order chi connectivity index (χ1) is 10.8. The Balaban J connectivity index is 3.18. The fourth-order valence-corrected chi connectivity index (χ4v) is 3.84. The van der Waals surface area contributed by atoms with Crippen molar-refractivity contribution in [1.29, 1.82) is 0 Å². The topological polar surface area (TPSA) is 57.7 Å². The summed E-state index contributed by atoms with van der Waals surface area (Å²) in [5, 5.41) is 0. The van der Waals surface area contributed by atoms with Crippen molar-refractivity contribution in [3.8, 4) is 0 Å². The van der Waals surface area contributed by atoms with Crippen LogP contribution in [0.3, 0.4) is 0 Å². The molecule has 0 fully saturated rings. The van der Waals surface area contributed by atoms with Crippen LogP contribution in [0.4, 0.5) is 0 Å². The highest BCUT2D eigenvalue weighted by Gasteiger charge is 2.23. The second kappa shape index (κ2) is 8.26. The average molecular weight is 338 g/mol. The molecule has 0 spiro atoms. The van der Waals surface area contributed by atoms with E-state index in [0.29, 0.717) is 31.7 Å². The number of benzene rings is 1. The molecule has 1 rings (SSSR count). The second-order valence-electron chi connectivity index (χ2n) is 5.39. The van der Waals surface area contributed by atoms with E-state index in [1.54, 1.807) is 30.9 Å². The minimum absolute atomic E-state index is 0.151. The smallest absolute Gasteiger partial charge is 0.254 e. The molecule has 23 heavy (non-hydrogen) atoms. The van der Waals surface area contributed by atoms with E-state index in [1.165, 1.54) is 16.4 Å². The van der Waals surface area contributed by atoms with Crippen LogP contribution >= 0.6 is 0 Å². The Morgan fingerprint density at radius 2 is 1.74 bits per heavy atom. The zero-order valence-corrected chi connectivity index (χ0v) is 15.2. The van der Waals surface area contributed by atoms with Crippen molar-refractivity contribution < 1.29 is 13.2 Å². The van der Waals surface area contributed by atoms with Crippen molar-refractivity contribution in [1.82, 2.24) is 9.21 Å². The molecule has 0 N–H and O–H groups in total. The summed E-state index contributed by atoms with van der Waals surface area (Å²) in [7, 11) is -3.57. The van der Waals surface area contributed by atoms with Crippen molar-refractivity contribution in [2.75, 3.05) is 26.2 Å². The molecule has 0 heterocycles. The molecule has 0 unspecified atom stereocenters. The summed E-state index contributed by atoms with van der Waals surface area (Å²) in [6.07, 6.45) is 0. The third-order valence-corrected chi connectivity index (χ3v) is 5.60. The molecule has 1 aromatic carbocycles. The highest BCUT2D eigenvalue weighted by molar-refractivity contribution is 7.89. The van der Waals surface area contributed by atoms with E-state index in [9.17, 15) is 13.2 Å². The maximum Gasteiger partial charge on any atom is 0.254 e. The van der Waals surface area contributed by atoms with Crippen molar-refractivity contribution in [2.45, 2.75) is 32.6 Å². The molecule has 0 atom stereocenters. The average Bonchev–Trinajstić information content (AvgIpc) is 2.52. The minimum atomic E-state index is -3.57. The van der Waals surface area contributed by atoms with Crippen LogP contribution in [0.5, 0.6) is 0 Å². The maximum absolute atomic E-state index is 12.6. The third-order valence-electron chi connectivity index (χ3n) is 3.55. The normalized spacial score (nSPS) is 11.5. The van der Waals surface area contributed by atoms with Gasteiger partial charge in [0.15, 0.2) is 0 Å². The monoisotopic (exact) mass is 338 g/mol.